The van der Waals surface area contributed by atoms with Gasteiger partial charge >= 0.3 is 0 Å². The Hall–Kier alpha value is -2.34. The average molecular weight is 372 g/mol. The van der Waals surface area contributed by atoms with Gasteiger partial charge in [-0.05, 0) is 42.8 Å². The number of likely N-dealkylation sites (tertiary alicyclic amines) is 1. The van der Waals surface area contributed by atoms with Crippen molar-refractivity contribution in [2.75, 3.05) is 25.5 Å². The van der Waals surface area contributed by atoms with Crippen LogP contribution in [0.5, 0.6) is 5.75 Å². The second kappa shape index (κ2) is 8.85. The van der Waals surface area contributed by atoms with Crippen LogP contribution in [0.1, 0.15) is 24.1 Å². The van der Waals surface area contributed by atoms with Crippen LogP contribution in [-0.4, -0.2) is 36.9 Å². The normalized spacial score (nSPS) is 14.9. The van der Waals surface area contributed by atoms with E-state index in [2.05, 4.69) is 11.4 Å². The Kier molecular flexibility index (Phi) is 6.28. The molecule has 0 atom stereocenters. The number of ether oxygens (including phenoxy) is 1. The lowest BCUT2D eigenvalue weighted by Crippen LogP contribution is -2.41. The lowest BCUT2D eigenvalue weighted by molar-refractivity contribution is -0.134. The van der Waals surface area contributed by atoms with E-state index in [0.717, 1.165) is 6.42 Å². The van der Waals surface area contributed by atoms with Crippen molar-refractivity contribution in [1.29, 1.82) is 0 Å². The Morgan fingerprint density at radius 1 is 1.19 bits per heavy atom. The first kappa shape index (κ1) is 18.5. The highest BCUT2D eigenvalue weighted by Gasteiger charge is 2.27. The molecular weight excluding hydrogens is 348 g/mol. The molecule has 5 nitrogen and oxygen atoms in total. The smallest absolute Gasteiger partial charge is 0.227 e. The molecule has 138 valence electrons. The van der Waals surface area contributed by atoms with Gasteiger partial charge in [-0.3, -0.25) is 9.59 Å². The van der Waals surface area contributed by atoms with E-state index in [1.165, 1.54) is 4.88 Å². The Balaban J connectivity index is 1.46. The van der Waals surface area contributed by atoms with E-state index in [1.54, 1.807) is 18.4 Å². The Morgan fingerprint density at radius 2 is 1.96 bits per heavy atom. The topological polar surface area (TPSA) is 58.6 Å². The fourth-order valence-corrected chi connectivity index (χ4v) is 3.93. The van der Waals surface area contributed by atoms with Gasteiger partial charge in [0, 0.05) is 30.3 Å². The summed E-state index contributed by atoms with van der Waals surface area (Å²) < 4.78 is 5.27. The van der Waals surface area contributed by atoms with Crippen molar-refractivity contribution in [1.82, 2.24) is 4.90 Å². The van der Waals surface area contributed by atoms with Crippen LogP contribution < -0.4 is 10.1 Å². The summed E-state index contributed by atoms with van der Waals surface area (Å²) in [6.45, 7) is 1.29. The second-order valence-corrected chi connectivity index (χ2v) is 7.46. The summed E-state index contributed by atoms with van der Waals surface area (Å²) in [4.78, 5) is 28.0. The predicted octanol–water partition coefficient (Wildman–Crippen LogP) is 3.57. The zero-order valence-electron chi connectivity index (χ0n) is 14.9. The Labute approximate surface area is 158 Å². The number of nitrogens with one attached hydrogen (secondary N) is 1. The van der Waals surface area contributed by atoms with Gasteiger partial charge in [-0.1, -0.05) is 18.2 Å². The predicted molar refractivity (Wildman–Crippen MR) is 104 cm³/mol. The van der Waals surface area contributed by atoms with Gasteiger partial charge in [-0.25, -0.2) is 0 Å². The summed E-state index contributed by atoms with van der Waals surface area (Å²) in [6.07, 6.45) is 2.74. The highest BCUT2D eigenvalue weighted by Crippen LogP contribution is 2.26. The first-order chi connectivity index (χ1) is 12.7. The molecule has 6 heteroatoms. The van der Waals surface area contributed by atoms with Crippen LogP contribution in [0.3, 0.4) is 0 Å². The van der Waals surface area contributed by atoms with Crippen LogP contribution in [0.15, 0.2) is 41.8 Å². The lowest BCUT2D eigenvalue weighted by Gasteiger charge is -2.31. The van der Waals surface area contributed by atoms with Gasteiger partial charge in [-0.15, -0.1) is 11.3 Å². The fraction of sp³-hybridized carbons (Fsp3) is 0.400. The number of thiophene rings is 1. The Morgan fingerprint density at radius 3 is 2.65 bits per heavy atom. The third-order valence-electron chi connectivity index (χ3n) is 4.75. The number of amides is 2. The molecular formula is C20H24N2O3S. The van der Waals surface area contributed by atoms with Crippen molar-refractivity contribution in [3.05, 3.63) is 46.7 Å². The molecule has 0 radical (unpaired) electrons. The van der Waals surface area contributed by atoms with Crippen LogP contribution in [0, 0.1) is 5.92 Å². The molecule has 1 aromatic carbocycles. The van der Waals surface area contributed by atoms with Crippen LogP contribution in [0.4, 0.5) is 5.69 Å². The molecule has 2 aromatic rings. The van der Waals surface area contributed by atoms with Crippen molar-refractivity contribution in [3.63, 3.8) is 0 Å². The fourth-order valence-electron chi connectivity index (χ4n) is 3.22. The molecule has 0 aliphatic carbocycles. The highest BCUT2D eigenvalue weighted by molar-refractivity contribution is 7.09. The zero-order valence-corrected chi connectivity index (χ0v) is 15.8. The van der Waals surface area contributed by atoms with Gasteiger partial charge in [0.05, 0.1) is 12.8 Å². The van der Waals surface area contributed by atoms with Gasteiger partial charge in [0.1, 0.15) is 5.75 Å². The van der Waals surface area contributed by atoms with Crippen molar-refractivity contribution in [3.8, 4) is 5.75 Å². The molecule has 3 rings (SSSR count). The summed E-state index contributed by atoms with van der Waals surface area (Å²) in [5, 5.41) is 4.99. The molecule has 1 fully saturated rings. The number of aryl methyl sites for hydroxylation is 1. The molecule has 0 bridgehead atoms. The molecule has 2 heterocycles. The van der Waals surface area contributed by atoms with E-state index in [1.807, 2.05) is 40.6 Å². The number of anilines is 1. The summed E-state index contributed by atoms with van der Waals surface area (Å²) in [7, 11) is 1.59. The van der Waals surface area contributed by atoms with Gasteiger partial charge in [-0.2, -0.15) is 0 Å². The molecule has 0 saturated carbocycles. The van der Waals surface area contributed by atoms with E-state index in [-0.39, 0.29) is 17.7 Å². The van der Waals surface area contributed by atoms with Crippen LogP contribution in [-0.2, 0) is 16.0 Å². The van der Waals surface area contributed by atoms with Crippen molar-refractivity contribution >= 4 is 28.8 Å². The summed E-state index contributed by atoms with van der Waals surface area (Å²) in [5.74, 6) is 0.769. The van der Waals surface area contributed by atoms with E-state index in [9.17, 15) is 9.59 Å². The maximum atomic E-state index is 12.5. The Bertz CT molecular complexity index is 737. The van der Waals surface area contributed by atoms with Gasteiger partial charge in [0.25, 0.3) is 0 Å². The molecule has 1 aromatic heterocycles. The van der Waals surface area contributed by atoms with Gasteiger partial charge in [0.2, 0.25) is 11.8 Å². The second-order valence-electron chi connectivity index (χ2n) is 6.42. The number of rotatable bonds is 6. The number of piperidine rings is 1. The molecule has 0 spiro atoms. The largest absolute Gasteiger partial charge is 0.495 e. The van der Waals surface area contributed by atoms with E-state index < -0.39 is 0 Å². The molecule has 1 aliphatic heterocycles. The number of para-hydroxylation sites is 2. The average Bonchev–Trinajstić information content (AvgIpc) is 3.20. The van der Waals surface area contributed by atoms with Crippen LogP contribution in [0.2, 0.25) is 0 Å². The number of carbonyl (C=O) groups is 2. The third-order valence-corrected chi connectivity index (χ3v) is 5.68. The molecule has 1 aliphatic rings. The van der Waals surface area contributed by atoms with Crippen LogP contribution >= 0.6 is 11.3 Å². The minimum absolute atomic E-state index is 0.000171. The van der Waals surface area contributed by atoms with Crippen molar-refractivity contribution in [2.45, 2.75) is 25.7 Å². The minimum Gasteiger partial charge on any atom is -0.495 e. The summed E-state index contributed by atoms with van der Waals surface area (Å²) in [6, 6.07) is 11.5. The van der Waals surface area contributed by atoms with Gasteiger partial charge in [0.15, 0.2) is 0 Å². The van der Waals surface area contributed by atoms with Crippen molar-refractivity contribution < 1.29 is 14.3 Å². The zero-order chi connectivity index (χ0) is 18.4. The summed E-state index contributed by atoms with van der Waals surface area (Å²) >= 11 is 1.69. The molecule has 1 N–H and O–H groups in total. The van der Waals surface area contributed by atoms with Gasteiger partial charge < -0.3 is 15.0 Å². The number of hydrogen-bond acceptors (Lipinski definition) is 4. The molecule has 26 heavy (non-hydrogen) atoms. The van der Waals surface area contributed by atoms with Crippen molar-refractivity contribution in [2.24, 2.45) is 5.92 Å². The summed E-state index contributed by atoms with van der Waals surface area (Å²) in [5.41, 5.74) is 0.689. The number of carbonyl (C=O) groups excluding carboxylic acids is 2. The molecule has 1 saturated heterocycles. The maximum Gasteiger partial charge on any atom is 0.227 e. The number of nitrogens with zero attached hydrogens (tertiary/aromatic N) is 1. The molecule has 0 unspecified atom stereocenters. The van der Waals surface area contributed by atoms with E-state index in [0.29, 0.717) is 43.8 Å². The monoisotopic (exact) mass is 372 g/mol. The van der Waals surface area contributed by atoms with E-state index >= 15 is 0 Å². The first-order valence-corrected chi connectivity index (χ1v) is 9.79. The van der Waals surface area contributed by atoms with E-state index in [4.69, 9.17) is 4.74 Å². The SMILES string of the molecule is COc1ccccc1NC(=O)C1CCN(C(=O)CCc2cccs2)CC1. The highest BCUT2D eigenvalue weighted by atomic mass is 32.1. The van der Waals surface area contributed by atoms with Crippen LogP contribution in [0.25, 0.3) is 0 Å². The standard InChI is InChI=1S/C20H24N2O3S/c1-25-18-7-3-2-6-17(18)21-20(24)15-10-12-22(13-11-15)19(23)9-8-16-5-4-14-26-16/h2-7,14-15H,8-13H2,1H3,(H,21,24). The lowest BCUT2D eigenvalue weighted by atomic mass is 9.95. The third kappa shape index (κ3) is 4.64. The number of methoxy groups -OCH3 is 1. The molecule has 2 amide bonds. The minimum atomic E-state index is -0.0683. The number of benzene rings is 1. The quantitative estimate of drug-likeness (QED) is 0.843. The maximum absolute atomic E-state index is 12.5. The number of hydrogen-bond donors (Lipinski definition) is 1. The first-order valence-electron chi connectivity index (χ1n) is 8.91.